The predicted octanol–water partition coefficient (Wildman–Crippen LogP) is 3.60. The molecule has 2 aromatic carbocycles. The van der Waals surface area contributed by atoms with Crippen molar-refractivity contribution in [2.45, 2.75) is 0 Å². The van der Waals surface area contributed by atoms with Gasteiger partial charge in [0.25, 0.3) is 0 Å². The molecule has 2 nitrogen and oxygen atoms in total. The largest absolute Gasteiger partial charge is 0.497 e. The minimum Gasteiger partial charge on any atom is -0.497 e. The monoisotopic (exact) mass is 231 g/mol. The number of hydrogen-bond donors (Lipinski definition) is 0. The molecule has 0 heterocycles. The molecule has 0 unspecified atom stereocenters. The first-order valence-electron chi connectivity index (χ1n) is 5.34. The molecular formula is C14H14FNO. The fraction of sp³-hybridized carbons (Fsp3) is 0.143. The van der Waals surface area contributed by atoms with Crippen LogP contribution in [0.25, 0.3) is 0 Å². The Morgan fingerprint density at radius 3 is 1.82 bits per heavy atom. The van der Waals surface area contributed by atoms with Crippen molar-refractivity contribution >= 4 is 11.4 Å². The molecule has 0 saturated carbocycles. The molecule has 0 fully saturated rings. The van der Waals surface area contributed by atoms with Crippen molar-refractivity contribution in [1.29, 1.82) is 0 Å². The molecular weight excluding hydrogens is 217 g/mol. The summed E-state index contributed by atoms with van der Waals surface area (Å²) in [5, 5.41) is 0. The molecule has 0 amide bonds. The summed E-state index contributed by atoms with van der Waals surface area (Å²) in [5.74, 6) is 0.595. The van der Waals surface area contributed by atoms with Gasteiger partial charge in [0.15, 0.2) is 0 Å². The van der Waals surface area contributed by atoms with E-state index in [2.05, 4.69) is 0 Å². The van der Waals surface area contributed by atoms with Crippen LogP contribution in [0.4, 0.5) is 15.8 Å². The van der Waals surface area contributed by atoms with Crippen LogP contribution in [-0.4, -0.2) is 14.2 Å². The van der Waals surface area contributed by atoms with E-state index in [-0.39, 0.29) is 5.82 Å². The van der Waals surface area contributed by atoms with Gasteiger partial charge in [-0.25, -0.2) is 4.39 Å². The molecule has 0 atom stereocenters. The van der Waals surface area contributed by atoms with E-state index in [0.717, 1.165) is 17.1 Å². The van der Waals surface area contributed by atoms with E-state index in [1.54, 1.807) is 19.2 Å². The van der Waals surface area contributed by atoms with Crippen molar-refractivity contribution in [2.24, 2.45) is 0 Å². The quantitative estimate of drug-likeness (QED) is 0.800. The average molecular weight is 231 g/mol. The fourth-order valence-electron chi connectivity index (χ4n) is 1.62. The fourth-order valence-corrected chi connectivity index (χ4v) is 1.62. The Morgan fingerprint density at radius 1 is 0.882 bits per heavy atom. The molecule has 0 radical (unpaired) electrons. The maximum absolute atomic E-state index is 12.8. The van der Waals surface area contributed by atoms with Crippen molar-refractivity contribution in [1.82, 2.24) is 0 Å². The second kappa shape index (κ2) is 4.87. The Balaban J connectivity index is 2.23. The summed E-state index contributed by atoms with van der Waals surface area (Å²) >= 11 is 0. The second-order valence-corrected chi connectivity index (χ2v) is 3.73. The number of halogens is 1. The standard InChI is InChI=1S/C14H14FNO/c1-16(12-5-3-11(15)4-6-12)13-7-9-14(17-2)10-8-13/h3-10H,1-2H3. The summed E-state index contributed by atoms with van der Waals surface area (Å²) in [4.78, 5) is 1.98. The summed E-state index contributed by atoms with van der Waals surface area (Å²) < 4.78 is 17.9. The average Bonchev–Trinajstić information content (AvgIpc) is 2.39. The zero-order valence-electron chi connectivity index (χ0n) is 9.85. The number of nitrogens with zero attached hydrogens (tertiary/aromatic N) is 1. The molecule has 0 aromatic heterocycles. The van der Waals surface area contributed by atoms with Gasteiger partial charge in [0.1, 0.15) is 11.6 Å². The molecule has 0 aliphatic heterocycles. The number of benzene rings is 2. The Morgan fingerprint density at radius 2 is 1.35 bits per heavy atom. The molecule has 2 rings (SSSR count). The zero-order chi connectivity index (χ0) is 12.3. The molecule has 0 N–H and O–H groups in total. The smallest absolute Gasteiger partial charge is 0.123 e. The number of hydrogen-bond acceptors (Lipinski definition) is 2. The van der Waals surface area contributed by atoms with Gasteiger partial charge in [-0.2, -0.15) is 0 Å². The summed E-state index contributed by atoms with van der Waals surface area (Å²) in [6.45, 7) is 0. The summed E-state index contributed by atoms with van der Waals surface area (Å²) in [5.41, 5.74) is 1.97. The molecule has 2 aromatic rings. The van der Waals surface area contributed by atoms with Crippen molar-refractivity contribution in [2.75, 3.05) is 19.1 Å². The Labute approximate surface area is 100 Å². The third kappa shape index (κ3) is 2.56. The predicted molar refractivity (Wildman–Crippen MR) is 67.5 cm³/mol. The summed E-state index contributed by atoms with van der Waals surface area (Å²) in [7, 11) is 3.58. The first kappa shape index (κ1) is 11.5. The third-order valence-electron chi connectivity index (χ3n) is 2.67. The van der Waals surface area contributed by atoms with Crippen molar-refractivity contribution in [3.05, 3.63) is 54.3 Å². The molecule has 3 heteroatoms. The van der Waals surface area contributed by atoms with E-state index in [1.807, 2.05) is 36.2 Å². The van der Waals surface area contributed by atoms with Gasteiger partial charge >= 0.3 is 0 Å². The minimum atomic E-state index is -0.225. The number of anilines is 2. The Bertz CT molecular complexity index is 479. The zero-order valence-corrected chi connectivity index (χ0v) is 9.85. The topological polar surface area (TPSA) is 12.5 Å². The first-order chi connectivity index (χ1) is 8.20. The lowest BCUT2D eigenvalue weighted by Gasteiger charge is -2.19. The van der Waals surface area contributed by atoms with Crippen LogP contribution in [0, 0.1) is 5.82 Å². The third-order valence-corrected chi connectivity index (χ3v) is 2.67. The second-order valence-electron chi connectivity index (χ2n) is 3.73. The van der Waals surface area contributed by atoms with Crippen molar-refractivity contribution in [3.8, 4) is 5.75 Å². The number of rotatable bonds is 3. The van der Waals surface area contributed by atoms with Crippen LogP contribution >= 0.6 is 0 Å². The van der Waals surface area contributed by atoms with Gasteiger partial charge in [-0.15, -0.1) is 0 Å². The SMILES string of the molecule is COc1ccc(N(C)c2ccc(F)cc2)cc1. The lowest BCUT2D eigenvalue weighted by atomic mass is 10.2. The molecule has 0 aliphatic carbocycles. The highest BCUT2D eigenvalue weighted by Crippen LogP contribution is 2.25. The lowest BCUT2D eigenvalue weighted by molar-refractivity contribution is 0.415. The summed E-state index contributed by atoms with van der Waals surface area (Å²) in [6, 6.07) is 14.1. The summed E-state index contributed by atoms with van der Waals surface area (Å²) in [6.07, 6.45) is 0. The van der Waals surface area contributed by atoms with E-state index in [4.69, 9.17) is 4.74 Å². The van der Waals surface area contributed by atoms with E-state index in [9.17, 15) is 4.39 Å². The maximum Gasteiger partial charge on any atom is 0.123 e. The van der Waals surface area contributed by atoms with E-state index < -0.39 is 0 Å². The van der Waals surface area contributed by atoms with Crippen LogP contribution in [0.15, 0.2) is 48.5 Å². The molecule has 0 bridgehead atoms. The normalized spacial score (nSPS) is 10.1. The van der Waals surface area contributed by atoms with Gasteiger partial charge in [-0.1, -0.05) is 0 Å². The first-order valence-corrected chi connectivity index (χ1v) is 5.34. The van der Waals surface area contributed by atoms with Crippen LogP contribution < -0.4 is 9.64 Å². The maximum atomic E-state index is 12.8. The van der Waals surface area contributed by atoms with E-state index >= 15 is 0 Å². The highest BCUT2D eigenvalue weighted by atomic mass is 19.1. The van der Waals surface area contributed by atoms with Crippen LogP contribution in [0.5, 0.6) is 5.75 Å². The molecule has 0 spiro atoms. The van der Waals surface area contributed by atoms with Crippen molar-refractivity contribution in [3.63, 3.8) is 0 Å². The van der Waals surface area contributed by atoms with Crippen LogP contribution in [0.2, 0.25) is 0 Å². The minimum absolute atomic E-state index is 0.225. The van der Waals surface area contributed by atoms with Crippen LogP contribution in [-0.2, 0) is 0 Å². The Hall–Kier alpha value is -2.03. The van der Waals surface area contributed by atoms with Gasteiger partial charge in [0, 0.05) is 18.4 Å². The van der Waals surface area contributed by atoms with Gasteiger partial charge in [-0.3, -0.25) is 0 Å². The van der Waals surface area contributed by atoms with E-state index in [1.165, 1.54) is 12.1 Å². The number of methoxy groups -OCH3 is 1. The lowest BCUT2D eigenvalue weighted by Crippen LogP contribution is -2.08. The van der Waals surface area contributed by atoms with Gasteiger partial charge in [0.2, 0.25) is 0 Å². The highest BCUT2D eigenvalue weighted by Gasteiger charge is 2.03. The molecule has 0 aliphatic rings. The van der Waals surface area contributed by atoms with Crippen LogP contribution in [0.1, 0.15) is 0 Å². The highest BCUT2D eigenvalue weighted by molar-refractivity contribution is 5.62. The van der Waals surface area contributed by atoms with Crippen molar-refractivity contribution < 1.29 is 9.13 Å². The molecule has 0 saturated heterocycles. The number of ether oxygens (including phenoxy) is 1. The van der Waals surface area contributed by atoms with Gasteiger partial charge in [0.05, 0.1) is 7.11 Å². The molecule has 17 heavy (non-hydrogen) atoms. The van der Waals surface area contributed by atoms with E-state index in [0.29, 0.717) is 0 Å². The van der Waals surface area contributed by atoms with Gasteiger partial charge < -0.3 is 9.64 Å². The Kier molecular flexibility index (Phi) is 3.28. The van der Waals surface area contributed by atoms with Crippen LogP contribution in [0.3, 0.4) is 0 Å². The molecule has 88 valence electrons. The van der Waals surface area contributed by atoms with Gasteiger partial charge in [-0.05, 0) is 48.5 Å².